The zero-order valence-electron chi connectivity index (χ0n) is 25.0. The molecule has 0 aliphatic carbocycles. The smallest absolute Gasteiger partial charge is 0.328 e. The molecule has 0 saturated carbocycles. The molecule has 3 aromatic carbocycles. The summed E-state index contributed by atoms with van der Waals surface area (Å²) in [5.41, 5.74) is 9.25. The van der Waals surface area contributed by atoms with E-state index in [1.54, 1.807) is 0 Å². The molecule has 0 bridgehead atoms. The van der Waals surface area contributed by atoms with Crippen LogP contribution in [0.25, 0.3) is 0 Å². The summed E-state index contributed by atoms with van der Waals surface area (Å²) in [5.74, 6) is 0.737. The Morgan fingerprint density at radius 1 is 1.05 bits per heavy atom. The lowest BCUT2D eigenvalue weighted by atomic mass is 9.87. The second-order valence-electron chi connectivity index (χ2n) is 11.2. The first-order chi connectivity index (χ1) is 21.4. The van der Waals surface area contributed by atoms with Crippen LogP contribution in [0.5, 0.6) is 11.5 Å². The van der Waals surface area contributed by atoms with Crippen LogP contribution in [0.4, 0.5) is 5.69 Å². The number of rotatable bonds is 13. The number of aliphatic imine (C=N–C) groups is 1. The van der Waals surface area contributed by atoms with Crippen LogP contribution in [0.1, 0.15) is 36.8 Å². The predicted molar refractivity (Wildman–Crippen MR) is 167 cm³/mol. The molecule has 2 aliphatic heterocycles. The van der Waals surface area contributed by atoms with Crippen molar-refractivity contribution < 1.29 is 28.9 Å². The highest BCUT2D eigenvalue weighted by Crippen LogP contribution is 2.35. The van der Waals surface area contributed by atoms with Gasteiger partial charge in [-0.2, -0.15) is 0 Å². The van der Waals surface area contributed by atoms with E-state index >= 15 is 0 Å². The number of hydrogen-bond acceptors (Lipinski definition) is 8. The summed E-state index contributed by atoms with van der Waals surface area (Å²) in [4.78, 5) is 33.5. The minimum atomic E-state index is -1.10. The van der Waals surface area contributed by atoms with Crippen molar-refractivity contribution in [1.29, 1.82) is 0 Å². The molecule has 0 unspecified atom stereocenters. The minimum Gasteiger partial charge on any atom is -0.480 e. The van der Waals surface area contributed by atoms with Crippen LogP contribution in [0.3, 0.4) is 0 Å². The first kappa shape index (κ1) is 31.0. The zero-order valence-corrected chi connectivity index (χ0v) is 25.0. The van der Waals surface area contributed by atoms with Crippen molar-refractivity contribution in [2.45, 2.75) is 50.9 Å². The Bertz CT molecular complexity index is 1430. The number of carboxylic acids is 1. The molecule has 3 aromatic rings. The predicted octanol–water partition coefficient (Wildman–Crippen LogP) is 4.94. The standard InChI is InChI=1S/C34H40N4O6/c1-37(31(33(40)41)23-43-22-24-8-4-2-5-9-24)32(39)15-14-30(25-16-18-42-19-17-25)38-21-26-20-28(12-13-29(26)36-34(38)35)44-27-10-6-3-7-11-27/h2-13,20,25,30-31H,14-19,21-23H2,1H3,(H2,35,36)(H,40,41)/t30-,31+/m0/s1. The van der Waals surface area contributed by atoms with Crippen LogP contribution in [-0.2, 0) is 32.2 Å². The van der Waals surface area contributed by atoms with Crippen molar-refractivity contribution in [1.82, 2.24) is 9.80 Å². The molecule has 5 rings (SSSR count). The Labute approximate surface area is 258 Å². The monoisotopic (exact) mass is 600 g/mol. The SMILES string of the molecule is CN(C(=O)CC[C@@H](C1CCOCC1)N1Cc2cc(Oc3ccccc3)ccc2N=C1N)[C@H](COCc1ccccc1)C(=O)O. The lowest BCUT2D eigenvalue weighted by molar-refractivity contribution is -0.152. The number of fused-ring (bicyclic) bond motifs is 1. The lowest BCUT2D eigenvalue weighted by Crippen LogP contribution is -2.50. The van der Waals surface area contributed by atoms with E-state index in [2.05, 4.69) is 4.90 Å². The van der Waals surface area contributed by atoms with E-state index in [1.165, 1.54) is 11.9 Å². The normalized spacial score (nSPS) is 16.4. The largest absolute Gasteiger partial charge is 0.480 e. The number of benzene rings is 3. The quantitative estimate of drug-likeness (QED) is 0.282. The molecule has 10 nitrogen and oxygen atoms in total. The van der Waals surface area contributed by atoms with Gasteiger partial charge in [0, 0.05) is 44.8 Å². The summed E-state index contributed by atoms with van der Waals surface area (Å²) in [6.45, 7) is 1.97. The molecule has 1 saturated heterocycles. The number of aliphatic carboxylic acids is 1. The molecule has 0 aromatic heterocycles. The first-order valence-electron chi connectivity index (χ1n) is 15.0. The number of carboxylic acid groups (broad SMARTS) is 1. The molecule has 2 atom stereocenters. The molecule has 0 spiro atoms. The van der Waals surface area contributed by atoms with Gasteiger partial charge < -0.3 is 34.9 Å². The maximum absolute atomic E-state index is 13.4. The first-order valence-corrected chi connectivity index (χ1v) is 15.0. The number of carbonyl (C=O) groups excluding carboxylic acids is 1. The van der Waals surface area contributed by atoms with Gasteiger partial charge in [-0.05, 0) is 61.1 Å². The molecular formula is C34H40N4O6. The highest BCUT2D eigenvalue weighted by Gasteiger charge is 2.34. The third-order valence-corrected chi connectivity index (χ3v) is 8.30. The summed E-state index contributed by atoms with van der Waals surface area (Å²) < 4.78 is 17.4. The maximum atomic E-state index is 13.4. The van der Waals surface area contributed by atoms with Gasteiger partial charge in [-0.15, -0.1) is 0 Å². The Morgan fingerprint density at radius 2 is 1.75 bits per heavy atom. The number of likely N-dealkylation sites (N-methyl/N-ethyl adjacent to an activating group) is 1. The van der Waals surface area contributed by atoms with E-state index in [9.17, 15) is 14.7 Å². The number of guanidine groups is 1. The van der Waals surface area contributed by atoms with Gasteiger partial charge in [0.1, 0.15) is 11.5 Å². The van der Waals surface area contributed by atoms with E-state index in [0.717, 1.165) is 35.4 Å². The van der Waals surface area contributed by atoms with Crippen LogP contribution < -0.4 is 10.5 Å². The topological polar surface area (TPSA) is 127 Å². The third-order valence-electron chi connectivity index (χ3n) is 8.30. The average Bonchev–Trinajstić information content (AvgIpc) is 3.04. The van der Waals surface area contributed by atoms with Gasteiger partial charge in [-0.3, -0.25) is 4.79 Å². The van der Waals surface area contributed by atoms with Gasteiger partial charge in [-0.1, -0.05) is 48.5 Å². The molecule has 1 fully saturated rings. The van der Waals surface area contributed by atoms with Gasteiger partial charge in [0.2, 0.25) is 5.91 Å². The van der Waals surface area contributed by atoms with Crippen molar-refractivity contribution in [3.05, 3.63) is 90.0 Å². The molecule has 3 N–H and O–H groups in total. The summed E-state index contributed by atoms with van der Waals surface area (Å²) in [6.07, 6.45) is 2.34. The number of para-hydroxylation sites is 1. The Morgan fingerprint density at radius 3 is 2.45 bits per heavy atom. The second kappa shape index (κ2) is 14.9. The van der Waals surface area contributed by atoms with E-state index in [4.69, 9.17) is 24.9 Å². The molecule has 44 heavy (non-hydrogen) atoms. The molecule has 2 aliphatic rings. The molecule has 232 valence electrons. The van der Waals surface area contributed by atoms with E-state index in [1.807, 2.05) is 78.9 Å². The summed E-state index contributed by atoms with van der Waals surface area (Å²) >= 11 is 0. The van der Waals surface area contributed by atoms with Crippen LogP contribution in [0, 0.1) is 5.92 Å². The summed E-state index contributed by atoms with van der Waals surface area (Å²) in [6, 6.07) is 23.7. The van der Waals surface area contributed by atoms with Crippen LogP contribution in [0.2, 0.25) is 0 Å². The Balaban J connectivity index is 1.26. The fraction of sp³-hybridized carbons (Fsp3) is 0.382. The number of carbonyl (C=O) groups is 2. The van der Waals surface area contributed by atoms with Crippen molar-refractivity contribution >= 4 is 23.5 Å². The van der Waals surface area contributed by atoms with Gasteiger partial charge in [0.15, 0.2) is 12.0 Å². The number of hydrogen-bond donors (Lipinski definition) is 2. The van der Waals surface area contributed by atoms with Gasteiger partial charge in [0.25, 0.3) is 0 Å². The molecular weight excluding hydrogens is 560 g/mol. The molecule has 2 heterocycles. The van der Waals surface area contributed by atoms with Gasteiger partial charge >= 0.3 is 5.97 Å². The Kier molecular flexibility index (Phi) is 10.5. The van der Waals surface area contributed by atoms with Crippen molar-refractivity contribution in [3.8, 4) is 11.5 Å². The van der Waals surface area contributed by atoms with E-state index in [-0.39, 0.29) is 37.5 Å². The van der Waals surface area contributed by atoms with Gasteiger partial charge in [0.05, 0.1) is 18.9 Å². The summed E-state index contributed by atoms with van der Waals surface area (Å²) in [7, 11) is 1.53. The van der Waals surface area contributed by atoms with Crippen LogP contribution in [-0.4, -0.2) is 71.7 Å². The highest BCUT2D eigenvalue weighted by atomic mass is 16.5. The molecule has 1 amide bonds. The van der Waals surface area contributed by atoms with E-state index in [0.29, 0.717) is 37.9 Å². The van der Waals surface area contributed by atoms with Crippen LogP contribution >= 0.6 is 0 Å². The average molecular weight is 601 g/mol. The number of ether oxygens (including phenoxy) is 3. The maximum Gasteiger partial charge on any atom is 0.328 e. The van der Waals surface area contributed by atoms with Gasteiger partial charge in [-0.25, -0.2) is 9.79 Å². The van der Waals surface area contributed by atoms with Crippen molar-refractivity contribution in [2.24, 2.45) is 16.6 Å². The molecule has 10 heteroatoms. The minimum absolute atomic E-state index is 0.0792. The van der Waals surface area contributed by atoms with Crippen molar-refractivity contribution in [2.75, 3.05) is 26.9 Å². The fourth-order valence-corrected chi connectivity index (χ4v) is 5.80. The zero-order chi connectivity index (χ0) is 30.9. The second-order valence-corrected chi connectivity index (χ2v) is 11.2. The fourth-order valence-electron chi connectivity index (χ4n) is 5.80. The highest BCUT2D eigenvalue weighted by molar-refractivity contribution is 5.85. The summed E-state index contributed by atoms with van der Waals surface area (Å²) in [5, 5.41) is 9.88. The number of nitrogens with zero attached hydrogens (tertiary/aromatic N) is 3. The van der Waals surface area contributed by atoms with Crippen LogP contribution in [0.15, 0.2) is 83.9 Å². The van der Waals surface area contributed by atoms with Crippen molar-refractivity contribution in [3.63, 3.8) is 0 Å². The number of amides is 1. The Hall–Kier alpha value is -4.41. The lowest BCUT2D eigenvalue weighted by Gasteiger charge is -2.41. The van der Waals surface area contributed by atoms with E-state index < -0.39 is 12.0 Å². The third kappa shape index (κ3) is 7.94. The number of nitrogens with two attached hydrogens (primary N) is 1. The molecule has 0 radical (unpaired) electrons.